The van der Waals surface area contributed by atoms with Crippen molar-refractivity contribution in [3.05, 3.63) is 17.0 Å². The SMILES string of the molecule is CCc1nn(C)c(CC)c1C(C)=O. The summed E-state index contributed by atoms with van der Waals surface area (Å²) >= 11 is 0. The van der Waals surface area contributed by atoms with Gasteiger partial charge in [-0.05, 0) is 19.8 Å². The first-order chi connectivity index (χ1) is 6.11. The monoisotopic (exact) mass is 180 g/mol. The van der Waals surface area contributed by atoms with Gasteiger partial charge in [0.2, 0.25) is 0 Å². The van der Waals surface area contributed by atoms with Gasteiger partial charge in [0.15, 0.2) is 5.78 Å². The van der Waals surface area contributed by atoms with Crippen LogP contribution >= 0.6 is 0 Å². The van der Waals surface area contributed by atoms with E-state index in [4.69, 9.17) is 0 Å². The Morgan fingerprint density at radius 3 is 2.38 bits per heavy atom. The number of carbonyl (C=O) groups is 1. The molecule has 3 nitrogen and oxygen atoms in total. The van der Waals surface area contributed by atoms with Crippen LogP contribution in [0.2, 0.25) is 0 Å². The minimum Gasteiger partial charge on any atom is -0.294 e. The summed E-state index contributed by atoms with van der Waals surface area (Å²) in [6.45, 7) is 5.67. The van der Waals surface area contributed by atoms with E-state index < -0.39 is 0 Å². The molecule has 13 heavy (non-hydrogen) atoms. The van der Waals surface area contributed by atoms with Crippen LogP contribution in [-0.2, 0) is 19.9 Å². The molecule has 0 amide bonds. The highest BCUT2D eigenvalue weighted by atomic mass is 16.1. The molecule has 0 aliphatic rings. The molecule has 0 aliphatic heterocycles. The zero-order valence-electron chi connectivity index (χ0n) is 8.72. The van der Waals surface area contributed by atoms with Gasteiger partial charge in [0.25, 0.3) is 0 Å². The van der Waals surface area contributed by atoms with E-state index in [0.717, 1.165) is 29.8 Å². The van der Waals surface area contributed by atoms with Gasteiger partial charge >= 0.3 is 0 Å². The Morgan fingerprint density at radius 1 is 1.38 bits per heavy atom. The Labute approximate surface area is 78.8 Å². The van der Waals surface area contributed by atoms with E-state index in [9.17, 15) is 4.79 Å². The fourth-order valence-corrected chi connectivity index (χ4v) is 1.68. The Morgan fingerprint density at radius 2 is 2.00 bits per heavy atom. The molecule has 0 bridgehead atoms. The predicted octanol–water partition coefficient (Wildman–Crippen LogP) is 1.75. The summed E-state index contributed by atoms with van der Waals surface area (Å²) in [5.41, 5.74) is 2.80. The van der Waals surface area contributed by atoms with Gasteiger partial charge in [0.05, 0.1) is 11.3 Å². The molecule has 1 aromatic heterocycles. The van der Waals surface area contributed by atoms with Gasteiger partial charge < -0.3 is 0 Å². The molecule has 0 spiro atoms. The van der Waals surface area contributed by atoms with Gasteiger partial charge in [-0.3, -0.25) is 9.48 Å². The number of ketones is 1. The van der Waals surface area contributed by atoms with Crippen LogP contribution in [-0.4, -0.2) is 15.6 Å². The first kappa shape index (κ1) is 9.96. The molecule has 0 atom stereocenters. The average molecular weight is 180 g/mol. The standard InChI is InChI=1S/C10H16N2O/c1-5-8-10(7(3)13)9(6-2)12(4)11-8/h5-6H2,1-4H3. The number of aryl methyl sites for hydroxylation is 2. The first-order valence-electron chi connectivity index (χ1n) is 4.67. The molecule has 0 unspecified atom stereocenters. The second-order valence-electron chi connectivity index (χ2n) is 3.16. The van der Waals surface area contributed by atoms with Crippen molar-refractivity contribution >= 4 is 5.78 Å². The van der Waals surface area contributed by atoms with Crippen LogP contribution in [0.15, 0.2) is 0 Å². The van der Waals surface area contributed by atoms with Crippen molar-refractivity contribution in [3.63, 3.8) is 0 Å². The van der Waals surface area contributed by atoms with Crippen molar-refractivity contribution < 1.29 is 4.79 Å². The van der Waals surface area contributed by atoms with E-state index in [1.165, 1.54) is 0 Å². The zero-order chi connectivity index (χ0) is 10.0. The normalized spacial score (nSPS) is 10.5. The summed E-state index contributed by atoms with van der Waals surface area (Å²) in [5, 5.41) is 4.32. The molecule has 72 valence electrons. The van der Waals surface area contributed by atoms with Gasteiger partial charge in [-0.25, -0.2) is 0 Å². The number of hydrogen-bond donors (Lipinski definition) is 0. The van der Waals surface area contributed by atoms with Crippen LogP contribution in [0.5, 0.6) is 0 Å². The zero-order valence-corrected chi connectivity index (χ0v) is 8.72. The Kier molecular flexibility index (Phi) is 2.86. The fourth-order valence-electron chi connectivity index (χ4n) is 1.68. The molecule has 1 rings (SSSR count). The molecule has 0 N–H and O–H groups in total. The van der Waals surface area contributed by atoms with Crippen molar-refractivity contribution in [1.29, 1.82) is 0 Å². The van der Waals surface area contributed by atoms with Crippen LogP contribution in [0.1, 0.15) is 42.5 Å². The van der Waals surface area contributed by atoms with Gasteiger partial charge in [-0.2, -0.15) is 5.10 Å². The molecule has 0 radical (unpaired) electrons. The fraction of sp³-hybridized carbons (Fsp3) is 0.600. The van der Waals surface area contributed by atoms with E-state index in [2.05, 4.69) is 5.10 Å². The molecule has 0 aliphatic carbocycles. The van der Waals surface area contributed by atoms with E-state index in [0.29, 0.717) is 0 Å². The second kappa shape index (κ2) is 3.73. The summed E-state index contributed by atoms with van der Waals surface area (Å²) in [6.07, 6.45) is 1.68. The number of carbonyl (C=O) groups excluding carboxylic acids is 1. The highest BCUT2D eigenvalue weighted by Crippen LogP contribution is 2.15. The molecular weight excluding hydrogens is 164 g/mol. The van der Waals surface area contributed by atoms with Crippen LogP contribution in [0.3, 0.4) is 0 Å². The lowest BCUT2D eigenvalue weighted by molar-refractivity contribution is 0.101. The number of nitrogens with zero attached hydrogens (tertiary/aromatic N) is 2. The molecule has 1 aromatic rings. The molecule has 1 heterocycles. The van der Waals surface area contributed by atoms with E-state index in [1.807, 2.05) is 25.6 Å². The summed E-state index contributed by atoms with van der Waals surface area (Å²) in [4.78, 5) is 11.4. The van der Waals surface area contributed by atoms with Crippen LogP contribution in [0, 0.1) is 0 Å². The summed E-state index contributed by atoms with van der Waals surface area (Å²) in [7, 11) is 1.89. The molecule has 3 heteroatoms. The first-order valence-corrected chi connectivity index (χ1v) is 4.67. The summed E-state index contributed by atoms with van der Waals surface area (Å²) < 4.78 is 1.82. The minimum atomic E-state index is 0.127. The third-order valence-corrected chi connectivity index (χ3v) is 2.26. The van der Waals surface area contributed by atoms with Crippen molar-refractivity contribution in [2.75, 3.05) is 0 Å². The van der Waals surface area contributed by atoms with Crippen LogP contribution < -0.4 is 0 Å². The van der Waals surface area contributed by atoms with E-state index in [1.54, 1.807) is 6.92 Å². The maximum absolute atomic E-state index is 11.4. The largest absolute Gasteiger partial charge is 0.294 e. The highest BCUT2D eigenvalue weighted by molar-refractivity contribution is 5.96. The number of aromatic nitrogens is 2. The Hall–Kier alpha value is -1.12. The van der Waals surface area contributed by atoms with Gasteiger partial charge in [0, 0.05) is 12.7 Å². The number of rotatable bonds is 3. The molecule has 0 aromatic carbocycles. The Bertz CT molecular complexity index is 326. The van der Waals surface area contributed by atoms with Crippen molar-refractivity contribution in [3.8, 4) is 0 Å². The number of Topliss-reactive ketones (excluding diaryl/α,β-unsaturated/α-hetero) is 1. The van der Waals surface area contributed by atoms with Crippen LogP contribution in [0.4, 0.5) is 0 Å². The van der Waals surface area contributed by atoms with Gasteiger partial charge in [-0.15, -0.1) is 0 Å². The summed E-state index contributed by atoms with van der Waals surface area (Å²) in [5.74, 6) is 0.127. The minimum absolute atomic E-state index is 0.127. The maximum Gasteiger partial charge on any atom is 0.163 e. The van der Waals surface area contributed by atoms with Gasteiger partial charge in [-0.1, -0.05) is 13.8 Å². The predicted molar refractivity (Wildman–Crippen MR) is 52.0 cm³/mol. The molecule has 0 saturated carbocycles. The lowest BCUT2D eigenvalue weighted by Crippen LogP contribution is -2.02. The Balaban J connectivity index is 3.32. The van der Waals surface area contributed by atoms with Crippen molar-refractivity contribution in [2.24, 2.45) is 7.05 Å². The van der Waals surface area contributed by atoms with Crippen molar-refractivity contribution in [1.82, 2.24) is 9.78 Å². The second-order valence-corrected chi connectivity index (χ2v) is 3.16. The third kappa shape index (κ3) is 1.64. The lowest BCUT2D eigenvalue weighted by atomic mass is 10.1. The topological polar surface area (TPSA) is 34.9 Å². The number of hydrogen-bond acceptors (Lipinski definition) is 2. The summed E-state index contributed by atoms with van der Waals surface area (Å²) in [6, 6.07) is 0. The molecule has 0 saturated heterocycles. The van der Waals surface area contributed by atoms with Crippen molar-refractivity contribution in [2.45, 2.75) is 33.6 Å². The highest BCUT2D eigenvalue weighted by Gasteiger charge is 2.16. The maximum atomic E-state index is 11.4. The third-order valence-electron chi connectivity index (χ3n) is 2.26. The van der Waals surface area contributed by atoms with E-state index in [-0.39, 0.29) is 5.78 Å². The lowest BCUT2D eigenvalue weighted by Gasteiger charge is -1.99. The van der Waals surface area contributed by atoms with E-state index >= 15 is 0 Å². The quantitative estimate of drug-likeness (QED) is 0.664. The van der Waals surface area contributed by atoms with Gasteiger partial charge in [0.1, 0.15) is 0 Å². The molecule has 0 fully saturated rings. The average Bonchev–Trinajstić information content (AvgIpc) is 2.41. The van der Waals surface area contributed by atoms with Crippen LogP contribution in [0.25, 0.3) is 0 Å². The molecular formula is C10H16N2O. The smallest absolute Gasteiger partial charge is 0.163 e.